The van der Waals surface area contributed by atoms with Crippen LogP contribution in [0.15, 0.2) is 42.5 Å². The fourth-order valence-corrected chi connectivity index (χ4v) is 2.06. The van der Waals surface area contributed by atoms with Crippen LogP contribution in [0, 0.1) is 10.1 Å². The van der Waals surface area contributed by atoms with Crippen LogP contribution in [0.2, 0.25) is 0 Å². The number of rotatable bonds is 6. The van der Waals surface area contributed by atoms with Crippen LogP contribution in [0.3, 0.4) is 0 Å². The minimum atomic E-state index is -4.63. The molecule has 7 nitrogen and oxygen atoms in total. The first-order chi connectivity index (χ1) is 12.2. The molecule has 0 bridgehead atoms. The molecule has 0 fully saturated rings. The molecule has 0 saturated heterocycles. The number of carbonyl (C=O) groups is 1. The molecule has 0 aromatic heterocycles. The van der Waals surface area contributed by atoms with E-state index in [2.05, 4.69) is 5.32 Å². The lowest BCUT2D eigenvalue weighted by Gasteiger charge is -2.14. The minimum Gasteiger partial charge on any atom is -0.493 e. The van der Waals surface area contributed by atoms with Gasteiger partial charge in [-0.05, 0) is 18.2 Å². The topological polar surface area (TPSA) is 90.7 Å². The van der Waals surface area contributed by atoms with Crippen LogP contribution in [-0.4, -0.2) is 24.5 Å². The first-order valence-corrected chi connectivity index (χ1v) is 7.13. The number of alkyl halides is 3. The molecule has 1 N–H and O–H groups in total. The summed E-state index contributed by atoms with van der Waals surface area (Å²) < 4.78 is 48.8. The smallest absolute Gasteiger partial charge is 0.418 e. The average Bonchev–Trinajstić information content (AvgIpc) is 2.59. The second-order valence-corrected chi connectivity index (χ2v) is 4.97. The number of amides is 1. The summed E-state index contributed by atoms with van der Waals surface area (Å²) in [5, 5.41) is 12.9. The molecule has 2 aromatic carbocycles. The van der Waals surface area contributed by atoms with Crippen LogP contribution in [-0.2, 0) is 11.0 Å². The van der Waals surface area contributed by atoms with Crippen LogP contribution < -0.4 is 14.8 Å². The Kier molecular flexibility index (Phi) is 5.65. The molecular formula is C16H13F3N2O5. The third kappa shape index (κ3) is 4.62. The van der Waals surface area contributed by atoms with Crippen molar-refractivity contribution in [2.75, 3.05) is 19.0 Å². The van der Waals surface area contributed by atoms with E-state index in [4.69, 9.17) is 9.47 Å². The van der Waals surface area contributed by atoms with E-state index in [1.807, 2.05) is 0 Å². The highest BCUT2D eigenvalue weighted by Crippen LogP contribution is 2.35. The first-order valence-electron chi connectivity index (χ1n) is 7.13. The van der Waals surface area contributed by atoms with Crippen molar-refractivity contribution in [3.8, 4) is 11.5 Å². The zero-order valence-corrected chi connectivity index (χ0v) is 13.4. The molecule has 138 valence electrons. The summed E-state index contributed by atoms with van der Waals surface area (Å²) in [6.45, 7) is -0.663. The Morgan fingerprint density at radius 2 is 1.88 bits per heavy atom. The average molecular weight is 370 g/mol. The van der Waals surface area contributed by atoms with Gasteiger partial charge >= 0.3 is 6.18 Å². The Labute approximate surface area is 145 Å². The van der Waals surface area contributed by atoms with Gasteiger partial charge in [-0.15, -0.1) is 0 Å². The monoisotopic (exact) mass is 370 g/mol. The van der Waals surface area contributed by atoms with Gasteiger partial charge in [0.15, 0.2) is 18.1 Å². The third-order valence-corrected chi connectivity index (χ3v) is 3.22. The van der Waals surface area contributed by atoms with E-state index in [0.717, 1.165) is 18.2 Å². The molecule has 1 amide bonds. The van der Waals surface area contributed by atoms with Gasteiger partial charge in [0.25, 0.3) is 11.6 Å². The Morgan fingerprint density at radius 3 is 2.50 bits per heavy atom. The molecule has 0 aliphatic rings. The van der Waals surface area contributed by atoms with E-state index in [1.54, 1.807) is 0 Å². The van der Waals surface area contributed by atoms with Gasteiger partial charge in [0.05, 0.1) is 29.4 Å². The van der Waals surface area contributed by atoms with Crippen molar-refractivity contribution < 1.29 is 32.4 Å². The van der Waals surface area contributed by atoms with Crippen molar-refractivity contribution in [1.29, 1.82) is 0 Å². The number of carbonyl (C=O) groups excluding carboxylic acids is 1. The summed E-state index contributed by atoms with van der Waals surface area (Å²) in [5.74, 6) is -0.810. The zero-order valence-electron chi connectivity index (χ0n) is 13.4. The number of anilines is 1. The number of hydrogen-bond donors (Lipinski definition) is 1. The fraction of sp³-hybridized carbons (Fsp3) is 0.188. The summed E-state index contributed by atoms with van der Waals surface area (Å²) >= 11 is 0. The SMILES string of the molecule is COc1ccc([N+](=O)[O-])cc1OCC(=O)Nc1ccccc1C(F)(F)F. The van der Waals surface area contributed by atoms with E-state index in [1.165, 1.54) is 31.4 Å². The summed E-state index contributed by atoms with van der Waals surface area (Å²) in [4.78, 5) is 22.0. The van der Waals surface area contributed by atoms with Crippen molar-refractivity contribution in [2.24, 2.45) is 0 Å². The highest BCUT2D eigenvalue weighted by molar-refractivity contribution is 5.92. The minimum absolute atomic E-state index is 0.0824. The van der Waals surface area contributed by atoms with Crippen LogP contribution in [0.25, 0.3) is 0 Å². The molecule has 0 aliphatic carbocycles. The number of non-ortho nitro benzene ring substituents is 1. The van der Waals surface area contributed by atoms with Crippen molar-refractivity contribution in [1.82, 2.24) is 0 Å². The summed E-state index contributed by atoms with van der Waals surface area (Å²) in [5.41, 5.74) is -1.70. The second kappa shape index (κ2) is 7.72. The number of nitrogens with one attached hydrogen (secondary N) is 1. The summed E-state index contributed by atoms with van der Waals surface area (Å²) in [6, 6.07) is 8.00. The van der Waals surface area contributed by atoms with Gasteiger partial charge in [-0.3, -0.25) is 14.9 Å². The van der Waals surface area contributed by atoms with Gasteiger partial charge in [-0.1, -0.05) is 12.1 Å². The van der Waals surface area contributed by atoms with E-state index in [-0.39, 0.29) is 17.2 Å². The molecule has 0 heterocycles. The van der Waals surface area contributed by atoms with E-state index in [9.17, 15) is 28.1 Å². The van der Waals surface area contributed by atoms with E-state index in [0.29, 0.717) is 0 Å². The lowest BCUT2D eigenvalue weighted by atomic mass is 10.1. The Balaban J connectivity index is 2.11. The maximum Gasteiger partial charge on any atom is 0.418 e. The van der Waals surface area contributed by atoms with Crippen molar-refractivity contribution in [3.63, 3.8) is 0 Å². The van der Waals surface area contributed by atoms with Crippen LogP contribution in [0.1, 0.15) is 5.56 Å². The van der Waals surface area contributed by atoms with Gasteiger partial charge in [0.1, 0.15) is 0 Å². The number of ether oxygens (including phenoxy) is 2. The normalized spacial score (nSPS) is 10.9. The number of nitro benzene ring substituents is 1. The van der Waals surface area contributed by atoms with Gasteiger partial charge < -0.3 is 14.8 Å². The lowest BCUT2D eigenvalue weighted by Crippen LogP contribution is -2.22. The number of para-hydroxylation sites is 1. The standard InChI is InChI=1S/C16H13F3N2O5/c1-25-13-7-6-10(21(23)24)8-14(13)26-9-15(22)20-12-5-3-2-4-11(12)16(17,18)19/h2-8H,9H2,1H3,(H,20,22). The van der Waals surface area contributed by atoms with Crippen LogP contribution in [0.5, 0.6) is 11.5 Å². The van der Waals surface area contributed by atoms with Gasteiger partial charge in [-0.25, -0.2) is 0 Å². The molecule has 0 aliphatic heterocycles. The molecule has 26 heavy (non-hydrogen) atoms. The van der Waals surface area contributed by atoms with Crippen molar-refractivity contribution in [3.05, 3.63) is 58.1 Å². The predicted octanol–water partition coefficient (Wildman–Crippen LogP) is 3.64. The number of nitrogens with zero attached hydrogens (tertiary/aromatic N) is 1. The molecule has 2 aromatic rings. The van der Waals surface area contributed by atoms with Crippen LogP contribution >= 0.6 is 0 Å². The number of nitro groups is 1. The second-order valence-electron chi connectivity index (χ2n) is 4.97. The van der Waals surface area contributed by atoms with Crippen molar-refractivity contribution in [2.45, 2.75) is 6.18 Å². The number of halogens is 3. The first kappa shape index (κ1) is 19.0. The van der Waals surface area contributed by atoms with Crippen molar-refractivity contribution >= 4 is 17.3 Å². The molecule has 0 unspecified atom stereocenters. The van der Waals surface area contributed by atoms with E-state index < -0.39 is 34.9 Å². The molecule has 0 spiro atoms. The zero-order chi connectivity index (χ0) is 19.3. The number of benzene rings is 2. The maximum atomic E-state index is 12.9. The van der Waals surface area contributed by atoms with Gasteiger partial charge in [-0.2, -0.15) is 13.2 Å². The Hall–Kier alpha value is -3.30. The number of methoxy groups -OCH3 is 1. The molecule has 2 rings (SSSR count). The summed E-state index contributed by atoms with van der Waals surface area (Å²) in [7, 11) is 1.30. The quantitative estimate of drug-likeness (QED) is 0.619. The Bertz CT molecular complexity index is 824. The van der Waals surface area contributed by atoms with E-state index >= 15 is 0 Å². The predicted molar refractivity (Wildman–Crippen MR) is 85.2 cm³/mol. The van der Waals surface area contributed by atoms with Gasteiger partial charge in [0.2, 0.25) is 0 Å². The van der Waals surface area contributed by atoms with Gasteiger partial charge in [0, 0.05) is 6.07 Å². The van der Waals surface area contributed by atoms with Crippen LogP contribution in [0.4, 0.5) is 24.5 Å². The molecule has 0 saturated carbocycles. The molecule has 0 atom stereocenters. The largest absolute Gasteiger partial charge is 0.493 e. The highest BCUT2D eigenvalue weighted by atomic mass is 19.4. The molecule has 10 heteroatoms. The Morgan fingerprint density at radius 1 is 1.19 bits per heavy atom. The number of hydrogen-bond acceptors (Lipinski definition) is 5. The highest BCUT2D eigenvalue weighted by Gasteiger charge is 2.33. The molecule has 0 radical (unpaired) electrons. The lowest BCUT2D eigenvalue weighted by molar-refractivity contribution is -0.385. The third-order valence-electron chi connectivity index (χ3n) is 3.22. The summed E-state index contributed by atoms with van der Waals surface area (Å²) in [6.07, 6.45) is -4.63. The molecular weight excluding hydrogens is 357 g/mol. The fourth-order valence-electron chi connectivity index (χ4n) is 2.06. The maximum absolute atomic E-state index is 12.9.